The van der Waals surface area contributed by atoms with Gasteiger partial charge in [-0.25, -0.2) is 0 Å². The first-order valence-corrected chi connectivity index (χ1v) is 5.92. The van der Waals surface area contributed by atoms with E-state index in [1.165, 1.54) is 0 Å². The number of allylic oxidation sites excluding steroid dienone is 2. The van der Waals surface area contributed by atoms with Crippen LogP contribution in [0, 0.1) is 6.92 Å². The zero-order chi connectivity index (χ0) is 13.0. The smallest absolute Gasteiger partial charge is 0.162 e. The number of carbonyl (C=O) groups excluding carboxylic acids is 1. The zero-order valence-electron chi connectivity index (χ0n) is 11.2. The highest BCUT2D eigenvalue weighted by molar-refractivity contribution is 6.02. The monoisotopic (exact) mass is 232 g/mol. The predicted molar refractivity (Wildman–Crippen MR) is 70.9 cm³/mol. The van der Waals surface area contributed by atoms with Gasteiger partial charge in [-0.3, -0.25) is 9.48 Å². The van der Waals surface area contributed by atoms with Crippen molar-refractivity contribution in [1.29, 1.82) is 0 Å². The molecule has 3 nitrogen and oxygen atoms in total. The van der Waals surface area contributed by atoms with Crippen molar-refractivity contribution in [1.82, 2.24) is 9.78 Å². The van der Waals surface area contributed by atoms with Gasteiger partial charge in [0.05, 0.1) is 11.0 Å². The first-order valence-electron chi connectivity index (χ1n) is 5.92. The summed E-state index contributed by atoms with van der Waals surface area (Å²) in [6, 6.07) is 0. The highest BCUT2D eigenvalue weighted by atomic mass is 16.1. The Hall–Kier alpha value is -1.64. The molecule has 0 amide bonds. The fourth-order valence-corrected chi connectivity index (χ4v) is 1.90. The standard InChI is InChI=1S/C14H20N2O/c1-6-11(14(17)8-3)9-13-12(7-2)10(4)15-16(13)5/h6-7,9H,8H2,1-5H3/b11-6+,12-7-,13-9+. The van der Waals surface area contributed by atoms with Gasteiger partial charge in [-0.2, -0.15) is 5.10 Å². The summed E-state index contributed by atoms with van der Waals surface area (Å²) in [5.41, 5.74) is 1.74. The number of ketones is 1. The number of Topliss-reactive ketones (excluding diaryl/α,β-unsaturated/α-hetero) is 1. The SMILES string of the molecule is C/C=c1/c(C)nn(C)/c1=C/C(=C\C)C(=O)CC. The Morgan fingerprint density at radius 1 is 1.41 bits per heavy atom. The van der Waals surface area contributed by atoms with Crippen molar-refractivity contribution in [3.63, 3.8) is 0 Å². The molecule has 1 rings (SSSR count). The molecule has 0 aliphatic heterocycles. The second-order valence-corrected chi connectivity index (χ2v) is 3.96. The summed E-state index contributed by atoms with van der Waals surface area (Å²) in [7, 11) is 1.90. The topological polar surface area (TPSA) is 34.9 Å². The van der Waals surface area contributed by atoms with Gasteiger partial charge in [0.15, 0.2) is 5.78 Å². The van der Waals surface area contributed by atoms with Gasteiger partial charge in [0.2, 0.25) is 0 Å². The quantitative estimate of drug-likeness (QED) is 0.735. The van der Waals surface area contributed by atoms with Crippen LogP contribution in [0.15, 0.2) is 11.6 Å². The summed E-state index contributed by atoms with van der Waals surface area (Å²) in [5, 5.41) is 6.45. The molecule has 0 bridgehead atoms. The van der Waals surface area contributed by atoms with E-state index in [-0.39, 0.29) is 5.78 Å². The van der Waals surface area contributed by atoms with Gasteiger partial charge in [0.1, 0.15) is 0 Å². The number of rotatable bonds is 3. The number of hydrogen-bond donors (Lipinski definition) is 0. The maximum absolute atomic E-state index is 11.7. The Balaban J connectivity index is 3.49. The molecule has 0 atom stereocenters. The van der Waals surface area contributed by atoms with E-state index in [9.17, 15) is 4.79 Å². The van der Waals surface area contributed by atoms with E-state index < -0.39 is 0 Å². The Kier molecular flexibility index (Phi) is 4.44. The molecule has 0 aliphatic carbocycles. The van der Waals surface area contributed by atoms with Gasteiger partial charge in [0.25, 0.3) is 0 Å². The van der Waals surface area contributed by atoms with Gasteiger partial charge in [0, 0.05) is 24.3 Å². The Bertz CT molecular complexity index is 562. The third kappa shape index (κ3) is 2.73. The van der Waals surface area contributed by atoms with Crippen LogP contribution in [0.1, 0.15) is 32.9 Å². The Morgan fingerprint density at radius 3 is 2.53 bits per heavy atom. The minimum Gasteiger partial charge on any atom is -0.294 e. The van der Waals surface area contributed by atoms with Crippen molar-refractivity contribution in [3.05, 3.63) is 27.9 Å². The van der Waals surface area contributed by atoms with Crippen LogP contribution in [0.5, 0.6) is 0 Å². The van der Waals surface area contributed by atoms with E-state index >= 15 is 0 Å². The van der Waals surface area contributed by atoms with Gasteiger partial charge in [-0.05, 0) is 26.8 Å². The van der Waals surface area contributed by atoms with Crippen LogP contribution < -0.4 is 10.6 Å². The van der Waals surface area contributed by atoms with E-state index in [1.54, 1.807) is 0 Å². The second-order valence-electron chi connectivity index (χ2n) is 3.96. The average Bonchev–Trinajstić information content (AvgIpc) is 2.59. The van der Waals surface area contributed by atoms with E-state index in [4.69, 9.17) is 0 Å². The summed E-state index contributed by atoms with van der Waals surface area (Å²) >= 11 is 0. The van der Waals surface area contributed by atoms with E-state index in [2.05, 4.69) is 5.10 Å². The van der Waals surface area contributed by atoms with E-state index in [1.807, 2.05) is 57.7 Å². The lowest BCUT2D eigenvalue weighted by Crippen LogP contribution is -2.29. The van der Waals surface area contributed by atoms with Gasteiger partial charge in [-0.1, -0.05) is 19.1 Å². The molecule has 0 saturated heterocycles. The van der Waals surface area contributed by atoms with Crippen molar-refractivity contribution >= 4 is 17.9 Å². The molecule has 92 valence electrons. The van der Waals surface area contributed by atoms with Gasteiger partial charge >= 0.3 is 0 Å². The van der Waals surface area contributed by atoms with Crippen molar-refractivity contribution in [2.75, 3.05) is 0 Å². The fourth-order valence-electron chi connectivity index (χ4n) is 1.90. The van der Waals surface area contributed by atoms with Crippen LogP contribution in [-0.2, 0) is 11.8 Å². The molecule has 17 heavy (non-hydrogen) atoms. The number of aromatic nitrogens is 2. The van der Waals surface area contributed by atoms with Crippen molar-refractivity contribution in [2.45, 2.75) is 34.1 Å². The normalized spacial score (nSPS) is 14.5. The van der Waals surface area contributed by atoms with Gasteiger partial charge in [-0.15, -0.1) is 0 Å². The molecule has 1 heterocycles. The summed E-state index contributed by atoms with van der Waals surface area (Å²) < 4.78 is 1.82. The summed E-state index contributed by atoms with van der Waals surface area (Å²) in [6.45, 7) is 7.72. The van der Waals surface area contributed by atoms with Crippen molar-refractivity contribution < 1.29 is 4.79 Å². The predicted octanol–water partition coefficient (Wildman–Crippen LogP) is 1.23. The third-order valence-corrected chi connectivity index (χ3v) is 2.85. The molecule has 1 aromatic rings. The Labute approximate surface area is 102 Å². The maximum Gasteiger partial charge on any atom is 0.162 e. The Morgan fingerprint density at radius 2 is 2.06 bits per heavy atom. The lowest BCUT2D eigenvalue weighted by atomic mass is 10.1. The minimum absolute atomic E-state index is 0.161. The van der Waals surface area contributed by atoms with Crippen molar-refractivity contribution in [2.24, 2.45) is 7.05 Å². The molecule has 0 saturated carbocycles. The number of nitrogens with zero attached hydrogens (tertiary/aromatic N) is 2. The lowest BCUT2D eigenvalue weighted by molar-refractivity contribution is -0.114. The molecule has 3 heteroatoms. The van der Waals surface area contributed by atoms with Gasteiger partial charge < -0.3 is 0 Å². The zero-order valence-corrected chi connectivity index (χ0v) is 11.2. The highest BCUT2D eigenvalue weighted by Gasteiger charge is 2.05. The number of carbonyl (C=O) groups is 1. The molecular weight excluding hydrogens is 212 g/mol. The van der Waals surface area contributed by atoms with Crippen LogP contribution in [-0.4, -0.2) is 15.6 Å². The largest absolute Gasteiger partial charge is 0.294 e. The first kappa shape index (κ1) is 13.4. The molecule has 0 aliphatic rings. The van der Waals surface area contributed by atoms with Crippen LogP contribution in [0.3, 0.4) is 0 Å². The van der Waals surface area contributed by atoms with Crippen LogP contribution >= 0.6 is 0 Å². The third-order valence-electron chi connectivity index (χ3n) is 2.85. The summed E-state index contributed by atoms with van der Waals surface area (Å²) in [4.78, 5) is 11.7. The molecule has 0 unspecified atom stereocenters. The molecule has 0 spiro atoms. The minimum atomic E-state index is 0.161. The number of aryl methyl sites for hydroxylation is 2. The molecule has 0 aromatic carbocycles. The first-order chi connectivity index (χ1) is 8.04. The summed E-state index contributed by atoms with van der Waals surface area (Å²) in [6.07, 6.45) is 6.32. The van der Waals surface area contributed by atoms with Crippen LogP contribution in [0.4, 0.5) is 0 Å². The molecule has 0 N–H and O–H groups in total. The number of hydrogen-bond acceptors (Lipinski definition) is 2. The van der Waals surface area contributed by atoms with E-state index in [0.717, 1.165) is 21.8 Å². The fraction of sp³-hybridized carbons (Fsp3) is 0.429. The molecule has 0 radical (unpaired) electrons. The van der Waals surface area contributed by atoms with Crippen molar-refractivity contribution in [3.8, 4) is 0 Å². The van der Waals surface area contributed by atoms with Crippen LogP contribution in [0.25, 0.3) is 12.2 Å². The molecule has 0 fully saturated rings. The second kappa shape index (κ2) is 5.62. The lowest BCUT2D eigenvalue weighted by Gasteiger charge is -1.97. The highest BCUT2D eigenvalue weighted by Crippen LogP contribution is 2.01. The summed E-state index contributed by atoms with van der Waals surface area (Å²) in [5.74, 6) is 0.161. The van der Waals surface area contributed by atoms with E-state index in [0.29, 0.717) is 6.42 Å². The maximum atomic E-state index is 11.7. The molecular formula is C14H20N2O. The average molecular weight is 232 g/mol. The van der Waals surface area contributed by atoms with Crippen LogP contribution in [0.2, 0.25) is 0 Å². The molecule has 1 aromatic heterocycles.